The lowest BCUT2D eigenvalue weighted by Crippen LogP contribution is -2.32. The number of hydrazone groups is 1. The van der Waals surface area contributed by atoms with E-state index in [1.165, 1.54) is 13.3 Å². The first-order valence-electron chi connectivity index (χ1n) is 10.3. The van der Waals surface area contributed by atoms with Crippen LogP contribution in [0.25, 0.3) is 0 Å². The average Bonchev–Trinajstić information content (AvgIpc) is 2.85. The topological polar surface area (TPSA) is 118 Å². The molecule has 3 N–H and O–H groups in total. The highest BCUT2D eigenvalue weighted by Crippen LogP contribution is 2.16. The molecule has 0 heterocycles. The smallest absolute Gasteiger partial charge is 0.329 e. The average molecular weight is 460 g/mol. The van der Waals surface area contributed by atoms with Crippen molar-refractivity contribution in [3.8, 4) is 11.5 Å². The summed E-state index contributed by atoms with van der Waals surface area (Å²) in [5.74, 6) is -0.993. The molecule has 0 aliphatic carbocycles. The monoisotopic (exact) mass is 460 g/mol. The Hall–Kier alpha value is -4.66. The maximum atomic E-state index is 12.1. The molecule has 0 unspecified atom stereocenters. The molecule has 9 heteroatoms. The summed E-state index contributed by atoms with van der Waals surface area (Å²) in [5.41, 5.74) is 4.89. The molecule has 9 nitrogen and oxygen atoms in total. The predicted octanol–water partition coefficient (Wildman–Crippen LogP) is 3.11. The molecule has 0 atom stereocenters. The summed E-state index contributed by atoms with van der Waals surface area (Å²) in [7, 11) is 1.53. The van der Waals surface area contributed by atoms with Gasteiger partial charge in [0.1, 0.15) is 11.5 Å². The van der Waals surface area contributed by atoms with Gasteiger partial charge in [-0.2, -0.15) is 5.10 Å². The zero-order valence-corrected chi connectivity index (χ0v) is 18.7. The second-order valence-corrected chi connectivity index (χ2v) is 7.11. The van der Waals surface area contributed by atoms with E-state index in [1.807, 2.05) is 31.2 Å². The van der Waals surface area contributed by atoms with Crippen molar-refractivity contribution in [2.75, 3.05) is 24.4 Å². The van der Waals surface area contributed by atoms with Gasteiger partial charge in [-0.05, 0) is 60.5 Å². The number of amides is 3. The number of hydrogen-bond donors (Lipinski definition) is 3. The minimum Gasteiger partial charge on any atom is -0.497 e. The third kappa shape index (κ3) is 7.20. The van der Waals surface area contributed by atoms with Gasteiger partial charge in [0.15, 0.2) is 6.61 Å². The Morgan fingerprint density at radius 1 is 0.882 bits per heavy atom. The maximum Gasteiger partial charge on any atom is 0.329 e. The number of ether oxygens (including phenoxy) is 2. The van der Waals surface area contributed by atoms with E-state index in [0.717, 1.165) is 11.3 Å². The number of aryl methyl sites for hydroxylation is 1. The quantitative estimate of drug-likeness (QED) is 0.271. The van der Waals surface area contributed by atoms with Gasteiger partial charge in [-0.15, -0.1) is 0 Å². The van der Waals surface area contributed by atoms with Gasteiger partial charge >= 0.3 is 11.8 Å². The van der Waals surface area contributed by atoms with Gasteiger partial charge in [-0.25, -0.2) is 5.43 Å². The molecule has 0 bridgehead atoms. The van der Waals surface area contributed by atoms with Crippen molar-refractivity contribution in [3.05, 3.63) is 83.9 Å². The van der Waals surface area contributed by atoms with Crippen LogP contribution in [0.1, 0.15) is 11.1 Å². The van der Waals surface area contributed by atoms with Gasteiger partial charge < -0.3 is 20.1 Å². The molecule has 0 aliphatic heterocycles. The summed E-state index contributed by atoms with van der Waals surface area (Å²) in [4.78, 5) is 36.1. The van der Waals surface area contributed by atoms with Crippen molar-refractivity contribution in [1.82, 2.24) is 5.43 Å². The Balaban J connectivity index is 1.47. The van der Waals surface area contributed by atoms with Crippen LogP contribution in [0.2, 0.25) is 0 Å². The molecule has 0 spiro atoms. The summed E-state index contributed by atoms with van der Waals surface area (Å²) in [6.45, 7) is 1.73. The highest BCUT2D eigenvalue weighted by molar-refractivity contribution is 6.39. The Morgan fingerprint density at radius 2 is 1.65 bits per heavy atom. The van der Waals surface area contributed by atoms with Crippen LogP contribution < -0.4 is 25.5 Å². The molecule has 3 aromatic carbocycles. The third-order valence-corrected chi connectivity index (χ3v) is 4.58. The zero-order valence-electron chi connectivity index (χ0n) is 18.7. The summed E-state index contributed by atoms with van der Waals surface area (Å²) >= 11 is 0. The lowest BCUT2D eigenvalue weighted by molar-refractivity contribution is -0.136. The molecule has 0 radical (unpaired) electrons. The van der Waals surface area contributed by atoms with Crippen molar-refractivity contribution in [3.63, 3.8) is 0 Å². The van der Waals surface area contributed by atoms with Gasteiger partial charge in [-0.1, -0.05) is 30.3 Å². The molecule has 0 aromatic heterocycles. The van der Waals surface area contributed by atoms with Crippen molar-refractivity contribution < 1.29 is 23.9 Å². The van der Waals surface area contributed by atoms with Crippen molar-refractivity contribution in [2.45, 2.75) is 6.92 Å². The molecule has 0 aliphatic rings. The lowest BCUT2D eigenvalue weighted by atomic mass is 10.2. The molecule has 0 saturated carbocycles. The normalized spacial score (nSPS) is 10.4. The molecule has 34 heavy (non-hydrogen) atoms. The van der Waals surface area contributed by atoms with Crippen molar-refractivity contribution >= 4 is 35.3 Å². The number of methoxy groups -OCH3 is 1. The van der Waals surface area contributed by atoms with Crippen LogP contribution in [-0.2, 0) is 14.4 Å². The second kappa shape index (κ2) is 11.8. The first-order chi connectivity index (χ1) is 16.4. The first kappa shape index (κ1) is 24.0. The Bertz CT molecular complexity index is 1190. The Labute approximate surface area is 196 Å². The van der Waals surface area contributed by atoms with E-state index in [2.05, 4.69) is 21.2 Å². The van der Waals surface area contributed by atoms with Crippen LogP contribution in [0.3, 0.4) is 0 Å². The van der Waals surface area contributed by atoms with Gasteiger partial charge in [0.2, 0.25) is 0 Å². The minimum absolute atomic E-state index is 0.169. The summed E-state index contributed by atoms with van der Waals surface area (Å²) in [6.07, 6.45) is 1.36. The number of carbonyl (C=O) groups is 3. The number of nitrogens with one attached hydrogen (secondary N) is 3. The fraction of sp³-hybridized carbons (Fsp3) is 0.120. The van der Waals surface area contributed by atoms with Crippen LogP contribution in [0.5, 0.6) is 11.5 Å². The SMILES string of the molecule is COc1ccc(NC(=O)C(=O)N/N=C\c2cccc(OCC(=O)Nc3ccccc3C)c2)cc1. The van der Waals surface area contributed by atoms with Crippen molar-refractivity contribution in [2.24, 2.45) is 5.10 Å². The van der Waals surface area contributed by atoms with E-state index in [-0.39, 0.29) is 12.5 Å². The molecule has 3 rings (SSSR count). The highest BCUT2D eigenvalue weighted by atomic mass is 16.5. The summed E-state index contributed by atoms with van der Waals surface area (Å²) in [5, 5.41) is 9.05. The molecular weight excluding hydrogens is 436 g/mol. The van der Waals surface area contributed by atoms with E-state index in [0.29, 0.717) is 22.7 Å². The molecule has 0 saturated heterocycles. The number of benzene rings is 3. The standard InChI is InChI=1S/C25H24N4O5/c1-17-6-3-4-9-22(17)28-23(30)16-34-21-8-5-7-18(14-21)15-26-29-25(32)24(31)27-19-10-12-20(33-2)13-11-19/h3-15H,16H2,1-2H3,(H,27,31)(H,28,30)(H,29,32)/b26-15-. The Kier molecular flexibility index (Phi) is 8.34. The zero-order chi connectivity index (χ0) is 24.3. The van der Waals surface area contributed by atoms with E-state index in [1.54, 1.807) is 48.5 Å². The second-order valence-electron chi connectivity index (χ2n) is 7.11. The van der Waals surface area contributed by atoms with Crippen molar-refractivity contribution in [1.29, 1.82) is 0 Å². The molecule has 0 fully saturated rings. The number of para-hydroxylation sites is 1. The van der Waals surface area contributed by atoms with Gasteiger partial charge in [0, 0.05) is 11.4 Å². The van der Waals surface area contributed by atoms with E-state index >= 15 is 0 Å². The van der Waals surface area contributed by atoms with E-state index in [4.69, 9.17) is 9.47 Å². The van der Waals surface area contributed by atoms with Crippen LogP contribution in [-0.4, -0.2) is 37.7 Å². The van der Waals surface area contributed by atoms with E-state index < -0.39 is 11.8 Å². The molecular formula is C25H24N4O5. The fourth-order valence-electron chi connectivity index (χ4n) is 2.81. The summed E-state index contributed by atoms with van der Waals surface area (Å²) in [6, 6.07) is 20.8. The number of carbonyl (C=O) groups excluding carboxylic acids is 3. The van der Waals surface area contributed by atoms with Crippen LogP contribution in [0.4, 0.5) is 11.4 Å². The van der Waals surface area contributed by atoms with Crippen LogP contribution in [0.15, 0.2) is 77.9 Å². The molecule has 3 aromatic rings. The van der Waals surface area contributed by atoms with Crippen LogP contribution >= 0.6 is 0 Å². The van der Waals surface area contributed by atoms with E-state index in [9.17, 15) is 14.4 Å². The number of rotatable bonds is 8. The van der Waals surface area contributed by atoms with Crippen LogP contribution in [0, 0.1) is 6.92 Å². The number of hydrogen-bond acceptors (Lipinski definition) is 6. The number of nitrogens with zero attached hydrogens (tertiary/aromatic N) is 1. The first-order valence-corrected chi connectivity index (χ1v) is 10.3. The Morgan fingerprint density at radius 3 is 2.38 bits per heavy atom. The number of anilines is 2. The van der Waals surface area contributed by atoms with Gasteiger partial charge in [0.05, 0.1) is 13.3 Å². The molecule has 174 valence electrons. The van der Waals surface area contributed by atoms with Gasteiger partial charge in [-0.3, -0.25) is 14.4 Å². The molecule has 3 amide bonds. The third-order valence-electron chi connectivity index (χ3n) is 4.58. The predicted molar refractivity (Wildman–Crippen MR) is 129 cm³/mol. The lowest BCUT2D eigenvalue weighted by Gasteiger charge is -2.09. The summed E-state index contributed by atoms with van der Waals surface area (Å²) < 4.78 is 10.6. The van der Waals surface area contributed by atoms with Gasteiger partial charge in [0.25, 0.3) is 5.91 Å². The fourth-order valence-corrected chi connectivity index (χ4v) is 2.81. The minimum atomic E-state index is -0.924. The maximum absolute atomic E-state index is 12.1. The highest BCUT2D eigenvalue weighted by Gasteiger charge is 2.13. The largest absolute Gasteiger partial charge is 0.497 e.